The molecule has 0 aliphatic rings. The van der Waals surface area contributed by atoms with Gasteiger partial charge in [-0.3, -0.25) is 0 Å². The lowest BCUT2D eigenvalue weighted by Gasteiger charge is -2.08. The molecule has 3 aromatic rings. The third kappa shape index (κ3) is 2.41. The van der Waals surface area contributed by atoms with Crippen molar-refractivity contribution in [1.82, 2.24) is 19.6 Å². The number of hydrogen-bond donors (Lipinski definition) is 1. The van der Waals surface area contributed by atoms with Crippen LogP contribution in [0.2, 0.25) is 5.15 Å². The van der Waals surface area contributed by atoms with Gasteiger partial charge in [-0.15, -0.1) is 11.3 Å². The van der Waals surface area contributed by atoms with E-state index in [9.17, 15) is 0 Å². The lowest BCUT2D eigenvalue weighted by Crippen LogP contribution is -2.06. The van der Waals surface area contributed by atoms with Gasteiger partial charge in [-0.2, -0.15) is 19.6 Å². The molecule has 5 nitrogen and oxygen atoms in total. The molecule has 7 heteroatoms. The lowest BCUT2D eigenvalue weighted by atomic mass is 10.2. The molecule has 0 amide bonds. The topological polar surface area (TPSA) is 55.1 Å². The molecule has 98 valence electrons. The van der Waals surface area contributed by atoms with Crippen LogP contribution in [0.5, 0.6) is 0 Å². The molecule has 0 aliphatic carbocycles. The van der Waals surface area contributed by atoms with E-state index in [0.29, 0.717) is 10.9 Å². The molecule has 0 aliphatic heterocycles. The molecule has 0 radical (unpaired) electrons. The summed E-state index contributed by atoms with van der Waals surface area (Å²) < 4.78 is 1.64. The first kappa shape index (κ1) is 12.4. The van der Waals surface area contributed by atoms with E-state index in [-0.39, 0.29) is 0 Å². The van der Waals surface area contributed by atoms with Crippen molar-refractivity contribution < 1.29 is 0 Å². The molecular weight excluding hydrogens is 282 g/mol. The van der Waals surface area contributed by atoms with Crippen molar-refractivity contribution in [1.29, 1.82) is 0 Å². The Labute approximate surface area is 119 Å². The number of thiophene rings is 1. The van der Waals surface area contributed by atoms with Crippen LogP contribution in [0, 0.1) is 0 Å². The van der Waals surface area contributed by atoms with Gasteiger partial charge in [0.2, 0.25) is 0 Å². The number of hydrogen-bond acceptors (Lipinski definition) is 5. The average Bonchev–Trinajstić information content (AvgIpc) is 3.03. The molecule has 0 spiro atoms. The number of fused-ring (bicyclic) bond motifs is 1. The quantitative estimate of drug-likeness (QED) is 0.751. The van der Waals surface area contributed by atoms with E-state index < -0.39 is 0 Å². The minimum Gasteiger partial charge on any atom is -0.365 e. The van der Waals surface area contributed by atoms with Gasteiger partial charge in [-0.05, 0) is 23.4 Å². The predicted octanol–water partition coefficient (Wildman–Crippen LogP) is 3.01. The Morgan fingerprint density at radius 1 is 1.47 bits per heavy atom. The summed E-state index contributed by atoms with van der Waals surface area (Å²) in [6.45, 7) is 2.90. The van der Waals surface area contributed by atoms with Gasteiger partial charge < -0.3 is 5.32 Å². The number of nitrogens with zero attached hydrogens (tertiary/aromatic N) is 4. The van der Waals surface area contributed by atoms with E-state index in [0.717, 1.165) is 18.8 Å². The van der Waals surface area contributed by atoms with Crippen LogP contribution in [-0.2, 0) is 13.0 Å². The number of aryl methyl sites for hydroxylation is 1. The second kappa shape index (κ2) is 5.14. The third-order valence-corrected chi connectivity index (χ3v) is 4.03. The smallest absolute Gasteiger partial charge is 0.255 e. The molecule has 0 fully saturated rings. The third-order valence-electron chi connectivity index (χ3n) is 2.87. The predicted molar refractivity (Wildman–Crippen MR) is 76.8 cm³/mol. The maximum atomic E-state index is 5.97. The Bertz CT molecular complexity index is 705. The van der Waals surface area contributed by atoms with Crippen LogP contribution in [0.15, 0.2) is 23.8 Å². The molecule has 3 aromatic heterocycles. The highest BCUT2D eigenvalue weighted by molar-refractivity contribution is 7.10. The van der Waals surface area contributed by atoms with Gasteiger partial charge >= 0.3 is 0 Å². The van der Waals surface area contributed by atoms with Gasteiger partial charge in [0.1, 0.15) is 17.3 Å². The highest BCUT2D eigenvalue weighted by Crippen LogP contribution is 2.20. The van der Waals surface area contributed by atoms with Crippen LogP contribution >= 0.6 is 22.9 Å². The van der Waals surface area contributed by atoms with Crippen LogP contribution in [0.3, 0.4) is 0 Å². The van der Waals surface area contributed by atoms with Crippen molar-refractivity contribution >= 4 is 34.5 Å². The number of anilines is 1. The van der Waals surface area contributed by atoms with Crippen LogP contribution in [-0.4, -0.2) is 19.6 Å². The standard InChI is InChI=1S/C12H12ClN5S/c1-2-8-3-4-19-9(8)6-14-11-5-10(13)17-12-15-7-16-18(11)12/h3-5,7,14H,2,6H2,1H3. The van der Waals surface area contributed by atoms with Gasteiger partial charge in [-0.1, -0.05) is 18.5 Å². The SMILES string of the molecule is CCc1ccsc1CNc1cc(Cl)nc2ncnn12. The van der Waals surface area contributed by atoms with Crippen molar-refractivity contribution in [2.75, 3.05) is 5.32 Å². The Balaban J connectivity index is 1.87. The van der Waals surface area contributed by atoms with Gasteiger partial charge in [0, 0.05) is 10.9 Å². The first-order chi connectivity index (χ1) is 9.28. The molecule has 3 heterocycles. The van der Waals surface area contributed by atoms with E-state index in [1.165, 1.54) is 16.8 Å². The second-order valence-electron chi connectivity index (χ2n) is 4.01. The van der Waals surface area contributed by atoms with Gasteiger partial charge in [0.05, 0.1) is 6.54 Å². The minimum atomic E-state index is 0.407. The maximum Gasteiger partial charge on any atom is 0.255 e. The van der Waals surface area contributed by atoms with Crippen molar-refractivity contribution in [3.05, 3.63) is 39.4 Å². The Hall–Kier alpha value is -1.66. The van der Waals surface area contributed by atoms with Crippen LogP contribution in [0.4, 0.5) is 5.82 Å². The monoisotopic (exact) mass is 293 g/mol. The summed E-state index contributed by atoms with van der Waals surface area (Å²) >= 11 is 7.72. The summed E-state index contributed by atoms with van der Waals surface area (Å²) in [5, 5.41) is 9.98. The van der Waals surface area contributed by atoms with Crippen LogP contribution in [0.1, 0.15) is 17.4 Å². The normalized spacial score (nSPS) is 11.1. The van der Waals surface area contributed by atoms with E-state index in [1.54, 1.807) is 21.9 Å². The molecule has 0 aromatic carbocycles. The molecule has 1 N–H and O–H groups in total. The summed E-state index contributed by atoms with van der Waals surface area (Å²) in [5.41, 5.74) is 1.37. The zero-order valence-electron chi connectivity index (χ0n) is 10.3. The number of rotatable bonds is 4. The molecule has 0 bridgehead atoms. The molecule has 3 rings (SSSR count). The zero-order chi connectivity index (χ0) is 13.2. The molecular formula is C12H12ClN5S. The van der Waals surface area contributed by atoms with E-state index in [1.807, 2.05) is 0 Å². The second-order valence-corrected chi connectivity index (χ2v) is 5.40. The number of halogens is 1. The van der Waals surface area contributed by atoms with Crippen molar-refractivity contribution in [2.24, 2.45) is 0 Å². The number of nitrogens with one attached hydrogen (secondary N) is 1. The molecule has 19 heavy (non-hydrogen) atoms. The molecule has 0 saturated heterocycles. The largest absolute Gasteiger partial charge is 0.365 e. The first-order valence-corrected chi connectivity index (χ1v) is 7.19. The highest BCUT2D eigenvalue weighted by atomic mass is 35.5. The zero-order valence-corrected chi connectivity index (χ0v) is 11.9. The summed E-state index contributed by atoms with van der Waals surface area (Å²) in [7, 11) is 0. The van der Waals surface area contributed by atoms with Crippen molar-refractivity contribution in [3.8, 4) is 0 Å². The Kier molecular flexibility index (Phi) is 3.35. The maximum absolute atomic E-state index is 5.97. The fourth-order valence-corrected chi connectivity index (χ4v) is 3.01. The average molecular weight is 294 g/mol. The lowest BCUT2D eigenvalue weighted by molar-refractivity contribution is 0.925. The van der Waals surface area contributed by atoms with E-state index in [4.69, 9.17) is 11.6 Å². The van der Waals surface area contributed by atoms with Gasteiger partial charge in [0.25, 0.3) is 5.78 Å². The van der Waals surface area contributed by atoms with Crippen LogP contribution < -0.4 is 5.32 Å². The van der Waals surface area contributed by atoms with E-state index >= 15 is 0 Å². The molecule has 0 atom stereocenters. The first-order valence-electron chi connectivity index (χ1n) is 5.93. The summed E-state index contributed by atoms with van der Waals surface area (Å²) in [5.74, 6) is 1.29. The fraction of sp³-hybridized carbons (Fsp3) is 0.250. The number of aromatic nitrogens is 4. The Morgan fingerprint density at radius 3 is 3.21 bits per heavy atom. The van der Waals surface area contributed by atoms with Crippen molar-refractivity contribution in [2.45, 2.75) is 19.9 Å². The van der Waals surface area contributed by atoms with Crippen molar-refractivity contribution in [3.63, 3.8) is 0 Å². The molecule has 0 saturated carbocycles. The molecule has 0 unspecified atom stereocenters. The fourth-order valence-electron chi connectivity index (χ4n) is 1.92. The Morgan fingerprint density at radius 2 is 2.37 bits per heavy atom. The van der Waals surface area contributed by atoms with Crippen LogP contribution in [0.25, 0.3) is 5.78 Å². The summed E-state index contributed by atoms with van der Waals surface area (Å²) in [4.78, 5) is 9.45. The van der Waals surface area contributed by atoms with Gasteiger partial charge in [0.15, 0.2) is 0 Å². The minimum absolute atomic E-state index is 0.407. The highest BCUT2D eigenvalue weighted by Gasteiger charge is 2.07. The summed E-state index contributed by atoms with van der Waals surface area (Å²) in [6.07, 6.45) is 2.50. The van der Waals surface area contributed by atoms with Gasteiger partial charge in [-0.25, -0.2) is 0 Å². The summed E-state index contributed by atoms with van der Waals surface area (Å²) in [6, 6.07) is 3.91. The van der Waals surface area contributed by atoms with E-state index in [2.05, 4.69) is 38.8 Å².